The Hall–Kier alpha value is -2.46. The number of sulfonamides is 1. The van der Waals surface area contributed by atoms with Gasteiger partial charge in [0.2, 0.25) is 10.0 Å². The van der Waals surface area contributed by atoms with E-state index in [4.69, 9.17) is 0 Å². The van der Waals surface area contributed by atoms with Crippen LogP contribution in [-0.4, -0.2) is 50.6 Å². The van der Waals surface area contributed by atoms with E-state index in [-0.39, 0.29) is 18.4 Å². The first-order chi connectivity index (χ1) is 14.7. The van der Waals surface area contributed by atoms with Crippen molar-refractivity contribution in [3.05, 3.63) is 52.1 Å². The standard InChI is InChI=1S/C21H22BrFN4O3S/c1-24-21(28)20-17-11-16(13-3-4-13)19(26(10-9-23)31(2,29)30)12-18(17)25-27(20)15-7-5-14(22)6-8-15/h5-8,11-13H,3-4,9-10H2,1-2H3,(H,24,28). The first-order valence-corrected chi connectivity index (χ1v) is 12.5. The molecule has 1 aliphatic carbocycles. The van der Waals surface area contributed by atoms with Gasteiger partial charge in [-0.2, -0.15) is 5.10 Å². The maximum atomic E-state index is 13.2. The molecule has 0 aliphatic heterocycles. The molecule has 1 aromatic heterocycles. The molecule has 164 valence electrons. The highest BCUT2D eigenvalue weighted by Gasteiger charge is 2.32. The Morgan fingerprint density at radius 3 is 2.52 bits per heavy atom. The zero-order valence-corrected chi connectivity index (χ0v) is 19.5. The Bertz CT molecular complexity index is 1250. The molecule has 3 aromatic rings. The molecule has 1 saturated carbocycles. The minimum Gasteiger partial charge on any atom is -0.354 e. The summed E-state index contributed by atoms with van der Waals surface area (Å²) in [7, 11) is -2.13. The summed E-state index contributed by atoms with van der Waals surface area (Å²) >= 11 is 3.40. The van der Waals surface area contributed by atoms with Crippen molar-refractivity contribution in [1.29, 1.82) is 0 Å². The lowest BCUT2D eigenvalue weighted by Crippen LogP contribution is -2.32. The molecule has 0 spiro atoms. The summed E-state index contributed by atoms with van der Waals surface area (Å²) in [6, 6.07) is 10.9. The summed E-state index contributed by atoms with van der Waals surface area (Å²) in [6.45, 7) is -1.06. The molecule has 7 nitrogen and oxygen atoms in total. The molecule has 10 heteroatoms. The number of hydrogen-bond acceptors (Lipinski definition) is 4. The van der Waals surface area contributed by atoms with Crippen molar-refractivity contribution in [3.63, 3.8) is 0 Å². The van der Waals surface area contributed by atoms with Crippen LogP contribution in [0.25, 0.3) is 16.6 Å². The van der Waals surface area contributed by atoms with E-state index in [0.29, 0.717) is 28.0 Å². The predicted octanol–water partition coefficient (Wildman–Crippen LogP) is 3.76. The Kier molecular flexibility index (Phi) is 5.78. The fraction of sp³-hybridized carbons (Fsp3) is 0.333. The van der Waals surface area contributed by atoms with Crippen LogP contribution in [0.3, 0.4) is 0 Å². The minimum absolute atomic E-state index is 0.178. The van der Waals surface area contributed by atoms with Gasteiger partial charge in [-0.15, -0.1) is 0 Å². The van der Waals surface area contributed by atoms with Crippen LogP contribution in [0.1, 0.15) is 34.8 Å². The van der Waals surface area contributed by atoms with Crippen LogP contribution < -0.4 is 9.62 Å². The van der Waals surface area contributed by atoms with Crippen LogP contribution in [0.15, 0.2) is 40.9 Å². The zero-order chi connectivity index (χ0) is 22.3. The second kappa shape index (κ2) is 8.23. The topological polar surface area (TPSA) is 84.3 Å². The molecule has 31 heavy (non-hydrogen) atoms. The Labute approximate surface area is 188 Å². The largest absolute Gasteiger partial charge is 0.354 e. The highest BCUT2D eigenvalue weighted by Crippen LogP contribution is 2.46. The Morgan fingerprint density at radius 1 is 1.29 bits per heavy atom. The monoisotopic (exact) mass is 508 g/mol. The van der Waals surface area contributed by atoms with Crippen molar-refractivity contribution in [2.24, 2.45) is 0 Å². The van der Waals surface area contributed by atoms with Gasteiger partial charge >= 0.3 is 0 Å². The fourth-order valence-corrected chi connectivity index (χ4v) is 4.90. The third-order valence-corrected chi connectivity index (χ3v) is 7.02. The van der Waals surface area contributed by atoms with E-state index >= 15 is 0 Å². The molecule has 4 rings (SSSR count). The number of anilines is 1. The second-order valence-electron chi connectivity index (χ2n) is 7.54. The van der Waals surface area contributed by atoms with E-state index in [1.165, 1.54) is 0 Å². The van der Waals surface area contributed by atoms with Crippen molar-refractivity contribution < 1.29 is 17.6 Å². The smallest absolute Gasteiger partial charge is 0.270 e. The number of carbonyl (C=O) groups is 1. The molecular formula is C21H22BrFN4O3S. The molecule has 0 saturated heterocycles. The number of fused-ring (bicyclic) bond motifs is 1. The van der Waals surface area contributed by atoms with E-state index in [0.717, 1.165) is 33.4 Å². The molecule has 1 heterocycles. The van der Waals surface area contributed by atoms with Gasteiger partial charge in [0, 0.05) is 16.9 Å². The van der Waals surface area contributed by atoms with Gasteiger partial charge in [0.15, 0.2) is 0 Å². The molecule has 1 fully saturated rings. The number of halogens is 2. The third kappa shape index (κ3) is 4.18. The number of amides is 1. The molecule has 1 amide bonds. The van der Waals surface area contributed by atoms with E-state index in [1.54, 1.807) is 17.8 Å². The maximum Gasteiger partial charge on any atom is 0.270 e. The first-order valence-electron chi connectivity index (χ1n) is 9.83. The van der Waals surface area contributed by atoms with Gasteiger partial charge < -0.3 is 5.32 Å². The molecular weight excluding hydrogens is 487 g/mol. The lowest BCUT2D eigenvalue weighted by Gasteiger charge is -2.24. The van der Waals surface area contributed by atoms with Gasteiger partial charge in [0.05, 0.1) is 29.7 Å². The number of nitrogens with one attached hydrogen (secondary N) is 1. The summed E-state index contributed by atoms with van der Waals surface area (Å²) < 4.78 is 41.5. The number of carbonyl (C=O) groups excluding carboxylic acids is 1. The van der Waals surface area contributed by atoms with E-state index < -0.39 is 16.7 Å². The first kappa shape index (κ1) is 21.8. The zero-order valence-electron chi connectivity index (χ0n) is 17.1. The van der Waals surface area contributed by atoms with Gasteiger partial charge in [-0.05, 0) is 60.7 Å². The van der Waals surface area contributed by atoms with Crippen LogP contribution in [-0.2, 0) is 10.0 Å². The SMILES string of the molecule is CNC(=O)c1c2cc(C3CC3)c(N(CCF)S(C)(=O)=O)cc2nn1-c1ccc(Br)cc1. The van der Waals surface area contributed by atoms with E-state index in [9.17, 15) is 17.6 Å². The van der Waals surface area contributed by atoms with Crippen LogP contribution >= 0.6 is 15.9 Å². The normalized spacial score (nSPS) is 14.1. The van der Waals surface area contributed by atoms with Gasteiger partial charge in [-0.25, -0.2) is 17.5 Å². The lowest BCUT2D eigenvalue weighted by atomic mass is 10.0. The molecule has 0 radical (unpaired) electrons. The molecule has 0 unspecified atom stereocenters. The Morgan fingerprint density at radius 2 is 1.97 bits per heavy atom. The third-order valence-electron chi connectivity index (χ3n) is 5.31. The molecule has 0 atom stereocenters. The van der Waals surface area contributed by atoms with Gasteiger partial charge in [-0.1, -0.05) is 15.9 Å². The molecule has 1 N–H and O–H groups in total. The number of benzene rings is 2. The quantitative estimate of drug-likeness (QED) is 0.526. The number of aromatic nitrogens is 2. The van der Waals surface area contributed by atoms with E-state index in [2.05, 4.69) is 26.3 Å². The number of rotatable bonds is 7. The van der Waals surface area contributed by atoms with Crippen molar-refractivity contribution in [3.8, 4) is 5.69 Å². The summed E-state index contributed by atoms with van der Waals surface area (Å²) in [5.41, 5.74) is 2.75. The van der Waals surface area contributed by atoms with Crippen LogP contribution in [0.5, 0.6) is 0 Å². The van der Waals surface area contributed by atoms with Crippen molar-refractivity contribution in [1.82, 2.24) is 15.1 Å². The number of hydrogen-bond donors (Lipinski definition) is 1. The second-order valence-corrected chi connectivity index (χ2v) is 10.4. The molecule has 0 bridgehead atoms. The van der Waals surface area contributed by atoms with Gasteiger partial charge in [0.25, 0.3) is 5.91 Å². The maximum absolute atomic E-state index is 13.2. The molecule has 2 aromatic carbocycles. The van der Waals surface area contributed by atoms with Gasteiger partial charge in [0.1, 0.15) is 12.4 Å². The highest BCUT2D eigenvalue weighted by atomic mass is 79.9. The number of alkyl halides is 1. The average molecular weight is 509 g/mol. The molecule has 1 aliphatic rings. The van der Waals surface area contributed by atoms with Crippen LogP contribution in [0, 0.1) is 0 Å². The summed E-state index contributed by atoms with van der Waals surface area (Å²) in [5, 5.41) is 7.90. The number of nitrogens with zero attached hydrogens (tertiary/aromatic N) is 3. The van der Waals surface area contributed by atoms with Gasteiger partial charge in [-0.3, -0.25) is 9.10 Å². The summed E-state index contributed by atoms with van der Waals surface area (Å²) in [4.78, 5) is 12.8. The van der Waals surface area contributed by atoms with Crippen molar-refractivity contribution >= 4 is 48.5 Å². The predicted molar refractivity (Wildman–Crippen MR) is 122 cm³/mol. The van der Waals surface area contributed by atoms with E-state index in [1.807, 2.05) is 30.3 Å². The van der Waals surface area contributed by atoms with Crippen molar-refractivity contribution in [2.75, 3.05) is 30.8 Å². The lowest BCUT2D eigenvalue weighted by molar-refractivity contribution is 0.0957. The summed E-state index contributed by atoms with van der Waals surface area (Å²) in [6.07, 6.45) is 2.91. The Balaban J connectivity index is 2.00. The average Bonchev–Trinajstić information content (AvgIpc) is 3.51. The van der Waals surface area contributed by atoms with Crippen molar-refractivity contribution in [2.45, 2.75) is 18.8 Å². The highest BCUT2D eigenvalue weighted by molar-refractivity contribution is 9.10. The minimum atomic E-state index is -3.68. The summed E-state index contributed by atoms with van der Waals surface area (Å²) in [5.74, 6) is -0.125. The fourth-order valence-electron chi connectivity index (χ4n) is 3.72. The van der Waals surface area contributed by atoms with Crippen LogP contribution in [0.4, 0.5) is 10.1 Å². The van der Waals surface area contributed by atoms with Crippen LogP contribution in [0.2, 0.25) is 0 Å².